The molecular formula is C15H13N3. The number of nitriles is 1. The number of nitrogens with zero attached hydrogens (tertiary/aromatic N) is 3. The molecule has 0 saturated heterocycles. The lowest BCUT2D eigenvalue weighted by atomic mass is 10.1. The van der Waals surface area contributed by atoms with Crippen molar-refractivity contribution in [3.05, 3.63) is 58.8 Å². The zero-order valence-corrected chi connectivity index (χ0v) is 10.2. The molecule has 0 N–H and O–H groups in total. The molecule has 88 valence electrons. The summed E-state index contributed by atoms with van der Waals surface area (Å²) < 4.78 is 0. The molecule has 1 aliphatic rings. The highest BCUT2D eigenvalue weighted by molar-refractivity contribution is 5.49. The van der Waals surface area contributed by atoms with Gasteiger partial charge in [0.25, 0.3) is 0 Å². The molecule has 0 atom stereocenters. The molecule has 18 heavy (non-hydrogen) atoms. The minimum Gasteiger partial charge on any atom is -0.348 e. The Morgan fingerprint density at radius 3 is 2.39 bits per heavy atom. The van der Waals surface area contributed by atoms with Gasteiger partial charge in [0.15, 0.2) is 0 Å². The third kappa shape index (κ3) is 1.72. The minimum atomic E-state index is 0.517. The van der Waals surface area contributed by atoms with Crippen molar-refractivity contribution in [3.8, 4) is 6.07 Å². The molecule has 1 aromatic heterocycles. The van der Waals surface area contributed by atoms with Gasteiger partial charge in [-0.3, -0.25) is 0 Å². The Morgan fingerprint density at radius 2 is 1.78 bits per heavy atom. The predicted molar refractivity (Wildman–Crippen MR) is 70.0 cm³/mol. The van der Waals surface area contributed by atoms with Crippen LogP contribution < -0.4 is 4.90 Å². The largest absolute Gasteiger partial charge is 0.348 e. The highest BCUT2D eigenvalue weighted by atomic mass is 15.2. The fourth-order valence-electron chi connectivity index (χ4n) is 2.30. The van der Waals surface area contributed by atoms with Gasteiger partial charge in [-0.05, 0) is 29.7 Å². The van der Waals surface area contributed by atoms with Gasteiger partial charge in [0.05, 0.1) is 0 Å². The number of rotatable bonds is 1. The SMILES string of the molecule is Cc1ccc(N2Cc3ccccc3C2)nc1C#N. The highest BCUT2D eigenvalue weighted by Gasteiger charge is 2.19. The summed E-state index contributed by atoms with van der Waals surface area (Å²) in [4.78, 5) is 6.62. The molecule has 2 aromatic rings. The van der Waals surface area contributed by atoms with Crippen molar-refractivity contribution in [1.82, 2.24) is 4.98 Å². The van der Waals surface area contributed by atoms with Crippen LogP contribution in [-0.2, 0) is 13.1 Å². The monoisotopic (exact) mass is 235 g/mol. The third-order valence-electron chi connectivity index (χ3n) is 3.35. The van der Waals surface area contributed by atoms with E-state index in [0.717, 1.165) is 24.5 Å². The predicted octanol–water partition coefficient (Wildman–Crippen LogP) is 2.78. The first-order chi connectivity index (χ1) is 8.78. The smallest absolute Gasteiger partial charge is 0.145 e. The summed E-state index contributed by atoms with van der Waals surface area (Å²) in [6, 6.07) is 14.5. The lowest BCUT2D eigenvalue weighted by Crippen LogP contribution is -2.16. The van der Waals surface area contributed by atoms with E-state index in [1.807, 2.05) is 19.1 Å². The van der Waals surface area contributed by atoms with Gasteiger partial charge < -0.3 is 4.90 Å². The Bertz CT molecular complexity index is 615. The minimum absolute atomic E-state index is 0.517. The van der Waals surface area contributed by atoms with E-state index in [2.05, 4.69) is 40.2 Å². The van der Waals surface area contributed by atoms with Crippen LogP contribution in [0.1, 0.15) is 22.4 Å². The quantitative estimate of drug-likeness (QED) is 0.763. The van der Waals surface area contributed by atoms with Crippen LogP contribution in [0.3, 0.4) is 0 Å². The Labute approximate surface area is 106 Å². The fraction of sp³-hybridized carbons (Fsp3) is 0.200. The number of aryl methyl sites for hydroxylation is 1. The van der Waals surface area contributed by atoms with Gasteiger partial charge in [-0.2, -0.15) is 5.26 Å². The molecule has 3 rings (SSSR count). The summed E-state index contributed by atoms with van der Waals surface area (Å²) in [6.45, 7) is 3.66. The third-order valence-corrected chi connectivity index (χ3v) is 3.35. The van der Waals surface area contributed by atoms with Crippen LogP contribution in [-0.4, -0.2) is 4.98 Å². The second kappa shape index (κ2) is 4.15. The topological polar surface area (TPSA) is 39.9 Å². The van der Waals surface area contributed by atoms with Gasteiger partial charge in [0.2, 0.25) is 0 Å². The average Bonchev–Trinajstić information content (AvgIpc) is 2.83. The molecule has 3 heteroatoms. The average molecular weight is 235 g/mol. The molecular weight excluding hydrogens is 222 g/mol. The van der Waals surface area contributed by atoms with Gasteiger partial charge in [-0.1, -0.05) is 30.3 Å². The standard InChI is InChI=1S/C15H13N3/c1-11-6-7-15(17-14(11)8-16)18-9-12-4-2-3-5-13(12)10-18/h2-7H,9-10H2,1H3. The summed E-state index contributed by atoms with van der Waals surface area (Å²) in [5.74, 6) is 0.883. The Morgan fingerprint density at radius 1 is 1.11 bits per heavy atom. The number of hydrogen-bond acceptors (Lipinski definition) is 3. The number of anilines is 1. The van der Waals surface area contributed by atoms with Crippen molar-refractivity contribution in [2.45, 2.75) is 20.0 Å². The Hall–Kier alpha value is -2.34. The first kappa shape index (κ1) is 10.8. The Balaban J connectivity index is 1.93. The van der Waals surface area contributed by atoms with Crippen LogP contribution in [0.5, 0.6) is 0 Å². The number of aromatic nitrogens is 1. The van der Waals surface area contributed by atoms with E-state index in [0.29, 0.717) is 5.69 Å². The molecule has 1 aliphatic heterocycles. The summed E-state index contributed by atoms with van der Waals surface area (Å²) in [6.07, 6.45) is 0. The van der Waals surface area contributed by atoms with Gasteiger partial charge in [0, 0.05) is 13.1 Å². The summed E-state index contributed by atoms with van der Waals surface area (Å²) in [7, 11) is 0. The maximum atomic E-state index is 9.03. The normalized spacial score (nSPS) is 13.2. The maximum Gasteiger partial charge on any atom is 0.145 e. The van der Waals surface area contributed by atoms with Gasteiger partial charge in [-0.25, -0.2) is 4.98 Å². The molecule has 0 fully saturated rings. The van der Waals surface area contributed by atoms with E-state index in [4.69, 9.17) is 5.26 Å². The lowest BCUT2D eigenvalue weighted by Gasteiger charge is -2.16. The van der Waals surface area contributed by atoms with Gasteiger partial charge in [0.1, 0.15) is 17.6 Å². The molecule has 2 heterocycles. The van der Waals surface area contributed by atoms with Crippen LogP contribution in [0.4, 0.5) is 5.82 Å². The van der Waals surface area contributed by atoms with Crippen molar-refractivity contribution in [3.63, 3.8) is 0 Å². The molecule has 0 radical (unpaired) electrons. The number of hydrogen-bond donors (Lipinski definition) is 0. The zero-order valence-electron chi connectivity index (χ0n) is 10.2. The van der Waals surface area contributed by atoms with Crippen molar-refractivity contribution < 1.29 is 0 Å². The molecule has 0 spiro atoms. The van der Waals surface area contributed by atoms with E-state index >= 15 is 0 Å². The maximum absolute atomic E-state index is 9.03. The number of benzene rings is 1. The second-order valence-electron chi connectivity index (χ2n) is 4.57. The summed E-state index contributed by atoms with van der Waals surface area (Å²) in [5, 5.41) is 9.03. The van der Waals surface area contributed by atoms with E-state index in [1.54, 1.807) is 0 Å². The van der Waals surface area contributed by atoms with Crippen molar-refractivity contribution >= 4 is 5.82 Å². The van der Waals surface area contributed by atoms with E-state index in [1.165, 1.54) is 11.1 Å². The first-order valence-electron chi connectivity index (χ1n) is 5.97. The molecule has 0 amide bonds. The highest BCUT2D eigenvalue weighted by Crippen LogP contribution is 2.27. The van der Waals surface area contributed by atoms with Crippen molar-refractivity contribution in [2.24, 2.45) is 0 Å². The molecule has 0 aliphatic carbocycles. The van der Waals surface area contributed by atoms with Crippen LogP contribution in [0.2, 0.25) is 0 Å². The van der Waals surface area contributed by atoms with Gasteiger partial charge in [-0.15, -0.1) is 0 Å². The summed E-state index contributed by atoms with van der Waals surface area (Å²) >= 11 is 0. The van der Waals surface area contributed by atoms with Crippen LogP contribution in [0.25, 0.3) is 0 Å². The van der Waals surface area contributed by atoms with Crippen LogP contribution in [0.15, 0.2) is 36.4 Å². The Kier molecular flexibility index (Phi) is 2.49. The van der Waals surface area contributed by atoms with Crippen LogP contribution in [0, 0.1) is 18.3 Å². The van der Waals surface area contributed by atoms with Crippen molar-refractivity contribution in [1.29, 1.82) is 5.26 Å². The molecule has 0 saturated carbocycles. The molecule has 1 aromatic carbocycles. The lowest BCUT2D eigenvalue weighted by molar-refractivity contribution is 0.854. The first-order valence-corrected chi connectivity index (χ1v) is 5.97. The van der Waals surface area contributed by atoms with E-state index < -0.39 is 0 Å². The zero-order chi connectivity index (χ0) is 12.5. The van der Waals surface area contributed by atoms with Crippen LogP contribution >= 0.6 is 0 Å². The number of pyridine rings is 1. The molecule has 0 bridgehead atoms. The summed E-state index contributed by atoms with van der Waals surface area (Å²) in [5.41, 5.74) is 4.14. The van der Waals surface area contributed by atoms with E-state index in [9.17, 15) is 0 Å². The second-order valence-corrected chi connectivity index (χ2v) is 4.57. The van der Waals surface area contributed by atoms with Crippen molar-refractivity contribution in [2.75, 3.05) is 4.90 Å². The van der Waals surface area contributed by atoms with E-state index in [-0.39, 0.29) is 0 Å². The molecule has 0 unspecified atom stereocenters. The fourth-order valence-corrected chi connectivity index (χ4v) is 2.30. The molecule has 3 nitrogen and oxygen atoms in total. The van der Waals surface area contributed by atoms with Gasteiger partial charge >= 0.3 is 0 Å². The number of fused-ring (bicyclic) bond motifs is 1.